The van der Waals surface area contributed by atoms with Gasteiger partial charge in [0.05, 0.1) is 11.4 Å². The molecule has 0 aromatic carbocycles. The van der Waals surface area contributed by atoms with Crippen LogP contribution in [0.3, 0.4) is 0 Å². The van der Waals surface area contributed by atoms with Crippen molar-refractivity contribution in [3.05, 3.63) is 35.8 Å². The monoisotopic (exact) mass is 328 g/mol. The number of rotatable bonds is 5. The summed E-state index contributed by atoms with van der Waals surface area (Å²) in [6, 6.07) is 0. The van der Waals surface area contributed by atoms with Crippen molar-refractivity contribution in [2.75, 3.05) is 38.6 Å². The largest absolute Gasteiger partial charge is 0.354 e. The molecule has 3 rings (SSSR count). The van der Waals surface area contributed by atoms with Gasteiger partial charge in [0, 0.05) is 50.7 Å². The lowest BCUT2D eigenvalue weighted by molar-refractivity contribution is 0.373. The summed E-state index contributed by atoms with van der Waals surface area (Å²) in [5, 5.41) is 0. The molecule has 1 saturated heterocycles. The minimum Gasteiger partial charge on any atom is -0.354 e. The highest BCUT2D eigenvalue weighted by Crippen LogP contribution is 2.29. The van der Waals surface area contributed by atoms with Gasteiger partial charge in [-0.1, -0.05) is 0 Å². The fourth-order valence-electron chi connectivity index (χ4n) is 3.38. The van der Waals surface area contributed by atoms with Crippen molar-refractivity contribution < 1.29 is 0 Å². The summed E-state index contributed by atoms with van der Waals surface area (Å²) in [5.41, 5.74) is 1.99. The van der Waals surface area contributed by atoms with Gasteiger partial charge in [0.1, 0.15) is 11.6 Å². The van der Waals surface area contributed by atoms with Gasteiger partial charge in [-0.15, -0.1) is 0 Å². The van der Waals surface area contributed by atoms with E-state index in [0.717, 1.165) is 43.4 Å². The number of hydrogen-bond acceptors (Lipinski definition) is 5. The standard InChI is InChI=1S/C18H28N6/c1-14-12-20-15(2)17(21-14)24-8-5-6-16(13-24)18-19-7-9-23(18)11-10-22(3)4/h7,9,12,16H,5-6,8,10-11,13H2,1-4H3/t16-/m0/s1. The minimum absolute atomic E-state index is 0.456. The van der Waals surface area contributed by atoms with Crippen LogP contribution < -0.4 is 4.90 Å². The quantitative estimate of drug-likeness (QED) is 0.842. The van der Waals surface area contributed by atoms with E-state index in [2.05, 4.69) is 44.6 Å². The van der Waals surface area contributed by atoms with Crippen molar-refractivity contribution in [1.82, 2.24) is 24.4 Å². The minimum atomic E-state index is 0.456. The Kier molecular flexibility index (Phi) is 5.14. The first-order valence-corrected chi connectivity index (χ1v) is 8.75. The maximum Gasteiger partial charge on any atom is 0.150 e. The van der Waals surface area contributed by atoms with Crippen molar-refractivity contribution in [3.63, 3.8) is 0 Å². The topological polar surface area (TPSA) is 50.1 Å². The number of piperidine rings is 1. The zero-order valence-corrected chi connectivity index (χ0v) is 15.2. The second-order valence-electron chi connectivity index (χ2n) is 6.99. The van der Waals surface area contributed by atoms with Gasteiger partial charge in [0.25, 0.3) is 0 Å². The second kappa shape index (κ2) is 7.30. The van der Waals surface area contributed by atoms with Crippen LogP contribution in [0.15, 0.2) is 18.6 Å². The molecule has 1 atom stereocenters. The first-order valence-electron chi connectivity index (χ1n) is 8.75. The predicted octanol–water partition coefficient (Wildman–Crippen LogP) is 2.24. The Hall–Kier alpha value is -1.95. The number of aromatic nitrogens is 4. The van der Waals surface area contributed by atoms with E-state index in [1.807, 2.05) is 26.2 Å². The predicted molar refractivity (Wildman–Crippen MR) is 96.5 cm³/mol. The third-order valence-corrected chi connectivity index (χ3v) is 4.67. The number of imidazole rings is 1. The van der Waals surface area contributed by atoms with Crippen LogP contribution in [-0.2, 0) is 6.54 Å². The molecule has 0 unspecified atom stereocenters. The van der Waals surface area contributed by atoms with Crippen LogP contribution in [0, 0.1) is 13.8 Å². The van der Waals surface area contributed by atoms with Gasteiger partial charge in [-0.2, -0.15) is 0 Å². The maximum absolute atomic E-state index is 4.72. The van der Waals surface area contributed by atoms with Crippen molar-refractivity contribution in [2.24, 2.45) is 0 Å². The van der Waals surface area contributed by atoms with Gasteiger partial charge in [-0.05, 0) is 40.8 Å². The zero-order chi connectivity index (χ0) is 17.1. The van der Waals surface area contributed by atoms with Crippen LogP contribution in [0.4, 0.5) is 5.82 Å². The molecule has 2 aromatic rings. The van der Waals surface area contributed by atoms with E-state index in [4.69, 9.17) is 4.98 Å². The van der Waals surface area contributed by atoms with Crippen LogP contribution in [0.25, 0.3) is 0 Å². The molecule has 0 aliphatic carbocycles. The molecule has 1 fully saturated rings. The number of nitrogens with zero attached hydrogens (tertiary/aromatic N) is 6. The van der Waals surface area contributed by atoms with E-state index >= 15 is 0 Å². The van der Waals surface area contributed by atoms with E-state index in [9.17, 15) is 0 Å². The summed E-state index contributed by atoms with van der Waals surface area (Å²) in [5.74, 6) is 2.70. The smallest absolute Gasteiger partial charge is 0.150 e. The summed E-state index contributed by atoms with van der Waals surface area (Å²) in [4.78, 5) is 18.5. The second-order valence-corrected chi connectivity index (χ2v) is 6.99. The summed E-state index contributed by atoms with van der Waals surface area (Å²) >= 11 is 0. The molecule has 3 heterocycles. The summed E-state index contributed by atoms with van der Waals surface area (Å²) in [6.07, 6.45) is 8.24. The van der Waals surface area contributed by atoms with E-state index < -0.39 is 0 Å². The number of anilines is 1. The van der Waals surface area contributed by atoms with Crippen molar-refractivity contribution >= 4 is 5.82 Å². The van der Waals surface area contributed by atoms with Gasteiger partial charge in [-0.25, -0.2) is 9.97 Å². The zero-order valence-electron chi connectivity index (χ0n) is 15.2. The maximum atomic E-state index is 4.72. The SMILES string of the molecule is Cc1cnc(C)c(N2CCC[C@H](c3nccn3CCN(C)C)C2)n1. The lowest BCUT2D eigenvalue weighted by Gasteiger charge is -2.34. The van der Waals surface area contributed by atoms with Crippen molar-refractivity contribution in [3.8, 4) is 0 Å². The molecule has 0 N–H and O–H groups in total. The van der Waals surface area contributed by atoms with Gasteiger partial charge >= 0.3 is 0 Å². The van der Waals surface area contributed by atoms with Crippen molar-refractivity contribution in [1.29, 1.82) is 0 Å². The third kappa shape index (κ3) is 3.75. The molecule has 0 amide bonds. The van der Waals surface area contributed by atoms with Gasteiger partial charge in [0.15, 0.2) is 0 Å². The first-order chi connectivity index (χ1) is 11.5. The van der Waals surface area contributed by atoms with Crippen molar-refractivity contribution in [2.45, 2.75) is 39.2 Å². The molecule has 0 saturated carbocycles. The van der Waals surface area contributed by atoms with Crippen LogP contribution >= 0.6 is 0 Å². The van der Waals surface area contributed by atoms with E-state index in [1.165, 1.54) is 18.7 Å². The highest BCUT2D eigenvalue weighted by atomic mass is 15.2. The lowest BCUT2D eigenvalue weighted by atomic mass is 9.97. The highest BCUT2D eigenvalue weighted by Gasteiger charge is 2.26. The number of aryl methyl sites for hydroxylation is 2. The molecule has 130 valence electrons. The van der Waals surface area contributed by atoms with E-state index in [1.54, 1.807) is 0 Å². The molecular weight excluding hydrogens is 300 g/mol. The normalized spacial score (nSPS) is 18.4. The molecule has 0 spiro atoms. The summed E-state index contributed by atoms with van der Waals surface area (Å²) in [7, 11) is 4.22. The third-order valence-electron chi connectivity index (χ3n) is 4.67. The van der Waals surface area contributed by atoms with E-state index in [-0.39, 0.29) is 0 Å². The Labute approximate surface area is 144 Å². The average molecular weight is 328 g/mol. The fraction of sp³-hybridized carbons (Fsp3) is 0.611. The molecule has 0 bridgehead atoms. The Morgan fingerprint density at radius 1 is 1.25 bits per heavy atom. The average Bonchev–Trinajstić information content (AvgIpc) is 3.04. The molecule has 2 aromatic heterocycles. The van der Waals surface area contributed by atoms with Crippen LogP contribution in [0.5, 0.6) is 0 Å². The van der Waals surface area contributed by atoms with E-state index in [0.29, 0.717) is 5.92 Å². The summed E-state index contributed by atoms with van der Waals surface area (Å²) < 4.78 is 2.31. The Morgan fingerprint density at radius 2 is 2.08 bits per heavy atom. The molecule has 6 heteroatoms. The number of hydrogen-bond donors (Lipinski definition) is 0. The Morgan fingerprint density at radius 3 is 2.88 bits per heavy atom. The molecule has 24 heavy (non-hydrogen) atoms. The van der Waals surface area contributed by atoms with Crippen LogP contribution in [0.1, 0.15) is 36.0 Å². The van der Waals surface area contributed by atoms with Gasteiger partial charge in [0.2, 0.25) is 0 Å². The lowest BCUT2D eigenvalue weighted by Crippen LogP contribution is -2.36. The molecule has 0 radical (unpaired) electrons. The fourth-order valence-corrected chi connectivity index (χ4v) is 3.38. The van der Waals surface area contributed by atoms with Crippen LogP contribution in [-0.4, -0.2) is 58.1 Å². The Balaban J connectivity index is 1.76. The summed E-state index contributed by atoms with van der Waals surface area (Å²) in [6.45, 7) is 8.09. The molecule has 1 aliphatic heterocycles. The number of likely N-dealkylation sites (N-methyl/N-ethyl adjacent to an activating group) is 1. The molecular formula is C18H28N6. The van der Waals surface area contributed by atoms with Gasteiger partial charge in [-0.3, -0.25) is 4.98 Å². The first kappa shape index (κ1) is 16.9. The highest BCUT2D eigenvalue weighted by molar-refractivity contribution is 5.44. The molecule has 1 aliphatic rings. The van der Waals surface area contributed by atoms with Crippen LogP contribution in [0.2, 0.25) is 0 Å². The molecule has 6 nitrogen and oxygen atoms in total. The van der Waals surface area contributed by atoms with Gasteiger partial charge < -0.3 is 14.4 Å². The Bertz CT molecular complexity index is 678.